The van der Waals surface area contributed by atoms with Crippen LogP contribution in [-0.2, 0) is 0 Å². The Bertz CT molecular complexity index is 156. The first kappa shape index (κ1) is 10.4. The Morgan fingerprint density at radius 2 is 2.00 bits per heavy atom. The summed E-state index contributed by atoms with van der Waals surface area (Å²) >= 11 is 0. The molecule has 2 nitrogen and oxygen atoms in total. The number of piperidine rings is 1. The SMILES string of the molecule is CCC1CCN(CC2CCCN2)CC1. The maximum Gasteiger partial charge on any atom is 0.0195 e. The van der Waals surface area contributed by atoms with E-state index in [2.05, 4.69) is 17.1 Å². The van der Waals surface area contributed by atoms with E-state index in [9.17, 15) is 0 Å². The van der Waals surface area contributed by atoms with Gasteiger partial charge in [-0.1, -0.05) is 13.3 Å². The molecular weight excluding hydrogens is 172 g/mol. The Labute approximate surface area is 88.1 Å². The molecule has 0 aromatic heterocycles. The summed E-state index contributed by atoms with van der Waals surface area (Å²) in [6, 6.07) is 0.799. The zero-order valence-corrected chi connectivity index (χ0v) is 9.47. The first-order valence-electron chi connectivity index (χ1n) is 6.34. The Balaban J connectivity index is 1.67. The van der Waals surface area contributed by atoms with E-state index in [1.54, 1.807) is 0 Å². The smallest absolute Gasteiger partial charge is 0.0195 e. The molecule has 0 radical (unpaired) electrons. The standard InChI is InChI=1S/C12H24N2/c1-2-11-5-8-14(9-6-11)10-12-4-3-7-13-12/h11-13H,2-10H2,1H3. The van der Waals surface area contributed by atoms with Gasteiger partial charge in [-0.05, 0) is 51.2 Å². The predicted molar refractivity (Wildman–Crippen MR) is 60.5 cm³/mol. The summed E-state index contributed by atoms with van der Waals surface area (Å²) in [5.41, 5.74) is 0. The molecule has 2 rings (SSSR count). The van der Waals surface area contributed by atoms with Crippen molar-refractivity contribution in [2.45, 2.75) is 45.1 Å². The number of nitrogens with one attached hydrogen (secondary N) is 1. The van der Waals surface area contributed by atoms with Crippen LogP contribution in [0.5, 0.6) is 0 Å². The molecule has 1 unspecified atom stereocenters. The van der Waals surface area contributed by atoms with Crippen LogP contribution in [0.4, 0.5) is 0 Å². The second-order valence-corrected chi connectivity index (χ2v) is 4.95. The van der Waals surface area contributed by atoms with Crippen molar-refractivity contribution in [2.24, 2.45) is 5.92 Å². The van der Waals surface area contributed by atoms with Crippen molar-refractivity contribution in [3.63, 3.8) is 0 Å². The summed E-state index contributed by atoms with van der Waals surface area (Å²) in [6.45, 7) is 7.57. The lowest BCUT2D eigenvalue weighted by Gasteiger charge is -2.33. The average molecular weight is 196 g/mol. The molecule has 1 atom stereocenters. The first-order chi connectivity index (χ1) is 6.88. The molecule has 0 saturated carbocycles. The van der Waals surface area contributed by atoms with E-state index < -0.39 is 0 Å². The van der Waals surface area contributed by atoms with Crippen LogP contribution in [0.25, 0.3) is 0 Å². The molecule has 1 N–H and O–H groups in total. The summed E-state index contributed by atoms with van der Waals surface area (Å²) in [5.74, 6) is 1.02. The van der Waals surface area contributed by atoms with E-state index in [1.807, 2.05) is 0 Å². The lowest BCUT2D eigenvalue weighted by molar-refractivity contribution is 0.169. The first-order valence-corrected chi connectivity index (χ1v) is 6.34. The van der Waals surface area contributed by atoms with Gasteiger partial charge in [0.15, 0.2) is 0 Å². The minimum Gasteiger partial charge on any atom is -0.313 e. The highest BCUT2D eigenvalue weighted by atomic mass is 15.2. The number of hydrogen-bond donors (Lipinski definition) is 1. The van der Waals surface area contributed by atoms with Crippen LogP contribution in [0.2, 0.25) is 0 Å². The van der Waals surface area contributed by atoms with Gasteiger partial charge in [0.05, 0.1) is 0 Å². The summed E-state index contributed by atoms with van der Waals surface area (Å²) in [5, 5.41) is 3.59. The van der Waals surface area contributed by atoms with Crippen LogP contribution in [0.3, 0.4) is 0 Å². The van der Waals surface area contributed by atoms with Crippen LogP contribution < -0.4 is 5.32 Å². The molecule has 2 aliphatic rings. The van der Waals surface area contributed by atoms with Crippen molar-refractivity contribution in [3.05, 3.63) is 0 Å². The summed E-state index contributed by atoms with van der Waals surface area (Å²) < 4.78 is 0. The molecule has 14 heavy (non-hydrogen) atoms. The summed E-state index contributed by atoms with van der Waals surface area (Å²) in [7, 11) is 0. The molecule has 0 aliphatic carbocycles. The Kier molecular flexibility index (Phi) is 3.82. The average Bonchev–Trinajstić information content (AvgIpc) is 2.72. The minimum atomic E-state index is 0.799. The second kappa shape index (κ2) is 5.13. The van der Waals surface area contributed by atoms with Crippen LogP contribution in [-0.4, -0.2) is 37.1 Å². The van der Waals surface area contributed by atoms with E-state index in [1.165, 1.54) is 58.3 Å². The Hall–Kier alpha value is -0.0800. The second-order valence-electron chi connectivity index (χ2n) is 4.95. The highest BCUT2D eigenvalue weighted by Gasteiger charge is 2.21. The molecular formula is C12H24N2. The van der Waals surface area contributed by atoms with Crippen molar-refractivity contribution >= 4 is 0 Å². The number of nitrogens with zero attached hydrogens (tertiary/aromatic N) is 1. The quantitative estimate of drug-likeness (QED) is 0.741. The van der Waals surface area contributed by atoms with Gasteiger partial charge in [0.1, 0.15) is 0 Å². The molecule has 2 heteroatoms. The van der Waals surface area contributed by atoms with Gasteiger partial charge in [-0.3, -0.25) is 0 Å². The van der Waals surface area contributed by atoms with Gasteiger partial charge in [0, 0.05) is 12.6 Å². The highest BCUT2D eigenvalue weighted by molar-refractivity contribution is 4.80. The molecule has 2 saturated heterocycles. The third-order valence-corrected chi connectivity index (χ3v) is 3.93. The van der Waals surface area contributed by atoms with Gasteiger partial charge in [0.25, 0.3) is 0 Å². The minimum absolute atomic E-state index is 0.799. The van der Waals surface area contributed by atoms with Gasteiger partial charge in [0.2, 0.25) is 0 Å². The fourth-order valence-electron chi connectivity index (χ4n) is 2.80. The van der Waals surface area contributed by atoms with Crippen molar-refractivity contribution in [1.29, 1.82) is 0 Å². The molecule has 0 aromatic rings. The Morgan fingerprint density at radius 3 is 2.57 bits per heavy atom. The van der Waals surface area contributed by atoms with Gasteiger partial charge >= 0.3 is 0 Å². The largest absolute Gasteiger partial charge is 0.313 e. The van der Waals surface area contributed by atoms with Gasteiger partial charge in [-0.15, -0.1) is 0 Å². The van der Waals surface area contributed by atoms with E-state index in [0.717, 1.165) is 12.0 Å². The molecule has 2 heterocycles. The van der Waals surface area contributed by atoms with Crippen LogP contribution in [0.15, 0.2) is 0 Å². The van der Waals surface area contributed by atoms with Gasteiger partial charge in [-0.2, -0.15) is 0 Å². The number of likely N-dealkylation sites (tertiary alicyclic amines) is 1. The van der Waals surface area contributed by atoms with Gasteiger partial charge in [-0.25, -0.2) is 0 Å². The monoisotopic (exact) mass is 196 g/mol. The summed E-state index contributed by atoms with van der Waals surface area (Å²) in [4.78, 5) is 2.66. The van der Waals surface area contributed by atoms with Gasteiger partial charge < -0.3 is 10.2 Å². The normalized spacial score (nSPS) is 31.1. The number of rotatable bonds is 3. The maximum atomic E-state index is 3.59. The highest BCUT2D eigenvalue weighted by Crippen LogP contribution is 2.20. The molecule has 0 aromatic carbocycles. The van der Waals surface area contributed by atoms with Crippen LogP contribution in [0.1, 0.15) is 39.0 Å². The fraction of sp³-hybridized carbons (Fsp3) is 1.00. The molecule has 2 aliphatic heterocycles. The van der Waals surface area contributed by atoms with Crippen LogP contribution >= 0.6 is 0 Å². The van der Waals surface area contributed by atoms with Crippen molar-refractivity contribution < 1.29 is 0 Å². The topological polar surface area (TPSA) is 15.3 Å². The molecule has 82 valence electrons. The molecule has 0 bridgehead atoms. The molecule has 2 fully saturated rings. The molecule has 0 spiro atoms. The Morgan fingerprint density at radius 1 is 1.21 bits per heavy atom. The maximum absolute atomic E-state index is 3.59. The van der Waals surface area contributed by atoms with Crippen LogP contribution in [0, 0.1) is 5.92 Å². The van der Waals surface area contributed by atoms with E-state index >= 15 is 0 Å². The fourth-order valence-corrected chi connectivity index (χ4v) is 2.80. The van der Waals surface area contributed by atoms with E-state index in [0.29, 0.717) is 0 Å². The molecule has 0 amide bonds. The van der Waals surface area contributed by atoms with Crippen molar-refractivity contribution in [2.75, 3.05) is 26.2 Å². The third kappa shape index (κ3) is 2.71. The zero-order chi connectivity index (χ0) is 9.80. The van der Waals surface area contributed by atoms with Crippen molar-refractivity contribution in [3.8, 4) is 0 Å². The number of hydrogen-bond acceptors (Lipinski definition) is 2. The summed E-state index contributed by atoms with van der Waals surface area (Å²) in [6.07, 6.45) is 7.03. The van der Waals surface area contributed by atoms with E-state index in [-0.39, 0.29) is 0 Å². The lowest BCUT2D eigenvalue weighted by Crippen LogP contribution is -2.41. The van der Waals surface area contributed by atoms with Crippen molar-refractivity contribution in [1.82, 2.24) is 10.2 Å². The van der Waals surface area contributed by atoms with E-state index in [4.69, 9.17) is 0 Å². The zero-order valence-electron chi connectivity index (χ0n) is 9.47. The third-order valence-electron chi connectivity index (χ3n) is 3.93. The lowest BCUT2D eigenvalue weighted by atomic mass is 9.94. The predicted octanol–water partition coefficient (Wildman–Crippen LogP) is 1.86.